The van der Waals surface area contributed by atoms with E-state index >= 15 is 0 Å². The lowest BCUT2D eigenvalue weighted by atomic mass is 10.5. The van der Waals surface area contributed by atoms with Crippen LogP contribution >= 0.6 is 23.3 Å². The Bertz CT molecular complexity index is 250. The molecule has 1 aromatic rings. The summed E-state index contributed by atoms with van der Waals surface area (Å²) in [7, 11) is 0. The van der Waals surface area contributed by atoms with Crippen LogP contribution in [0.2, 0.25) is 0 Å². The summed E-state index contributed by atoms with van der Waals surface area (Å²) in [5.41, 5.74) is 0.0463. The van der Waals surface area contributed by atoms with Gasteiger partial charge in [-0.3, -0.25) is 9.17 Å². The quantitative estimate of drug-likeness (QED) is 0.633. The van der Waals surface area contributed by atoms with Gasteiger partial charge in [-0.25, -0.2) is 0 Å². The van der Waals surface area contributed by atoms with Gasteiger partial charge < -0.3 is 0 Å². The van der Waals surface area contributed by atoms with Gasteiger partial charge in [0.2, 0.25) is 0 Å². The van der Waals surface area contributed by atoms with E-state index in [4.69, 9.17) is 0 Å². The van der Waals surface area contributed by atoms with E-state index in [1.807, 2.05) is 13.2 Å². The van der Waals surface area contributed by atoms with Crippen molar-refractivity contribution in [3.8, 4) is 0 Å². The van der Waals surface area contributed by atoms with Crippen LogP contribution in [0.4, 0.5) is 0 Å². The van der Waals surface area contributed by atoms with Crippen LogP contribution in [0.3, 0.4) is 0 Å². The van der Waals surface area contributed by atoms with E-state index in [1.165, 1.54) is 23.3 Å². The average molecular weight is 161 g/mol. The van der Waals surface area contributed by atoms with Gasteiger partial charge >= 0.3 is 0 Å². The molecule has 0 aliphatic rings. The van der Waals surface area contributed by atoms with E-state index in [0.29, 0.717) is 0 Å². The molecule has 0 aromatic carbocycles. The predicted molar refractivity (Wildman–Crippen MR) is 41.5 cm³/mol. The van der Waals surface area contributed by atoms with Gasteiger partial charge in [-0.2, -0.15) is 0 Å². The maximum absolute atomic E-state index is 10.8. The van der Waals surface area contributed by atoms with Crippen LogP contribution in [0.25, 0.3) is 0 Å². The van der Waals surface area contributed by atoms with Crippen LogP contribution < -0.4 is 5.56 Å². The fourth-order valence-corrected chi connectivity index (χ4v) is 2.11. The number of rotatable bonds is 1. The monoisotopic (exact) mass is 161 g/mol. The molecular weight excluding hydrogens is 154 g/mol. The Balaban J connectivity index is 3.23. The second kappa shape index (κ2) is 2.58. The summed E-state index contributed by atoms with van der Waals surface area (Å²) in [6.07, 6.45) is 1.91. The molecule has 1 aromatic heterocycles. The van der Waals surface area contributed by atoms with Crippen molar-refractivity contribution >= 4 is 23.3 Å². The van der Waals surface area contributed by atoms with E-state index in [-0.39, 0.29) is 5.56 Å². The Labute approximate surface area is 61.4 Å². The van der Waals surface area contributed by atoms with Crippen molar-refractivity contribution < 1.29 is 0 Å². The lowest BCUT2D eigenvalue weighted by Crippen LogP contribution is -1.98. The van der Waals surface area contributed by atoms with Gasteiger partial charge in [0, 0.05) is 4.88 Å². The predicted octanol–water partition coefficient (Wildman–Crippen LogP) is 1.47. The molecule has 2 nitrogen and oxygen atoms in total. The first kappa shape index (κ1) is 6.89. The third-order valence-electron chi connectivity index (χ3n) is 1.03. The van der Waals surface area contributed by atoms with Gasteiger partial charge in [0.15, 0.2) is 0 Å². The minimum atomic E-state index is 0.0463. The Morgan fingerprint density at radius 2 is 2.33 bits per heavy atom. The number of aromatic nitrogens is 1. The molecule has 1 N–H and O–H groups in total. The molecule has 4 heteroatoms. The summed E-state index contributed by atoms with van der Waals surface area (Å²) >= 11 is 2.89. The average Bonchev–Trinajstić information content (AvgIpc) is 2.12. The maximum atomic E-state index is 10.8. The highest BCUT2D eigenvalue weighted by Crippen LogP contribution is 2.16. The lowest BCUT2D eigenvalue weighted by Gasteiger charge is -1.84. The van der Waals surface area contributed by atoms with Crippen molar-refractivity contribution in [3.05, 3.63) is 15.2 Å². The normalized spacial score (nSPS) is 10.0. The second-order valence-electron chi connectivity index (χ2n) is 1.62. The molecule has 1 heterocycles. The fraction of sp³-hybridized carbons (Fsp3) is 0.400. The highest BCUT2D eigenvalue weighted by Gasteiger charge is 2.02. The Kier molecular flexibility index (Phi) is 1.97. The van der Waals surface area contributed by atoms with Gasteiger partial charge in [0.1, 0.15) is 0 Å². The van der Waals surface area contributed by atoms with Crippen LogP contribution in [0.5, 0.6) is 0 Å². The summed E-state index contributed by atoms with van der Waals surface area (Å²) in [5.74, 6) is 0. The molecule has 50 valence electrons. The van der Waals surface area contributed by atoms with E-state index < -0.39 is 0 Å². The van der Waals surface area contributed by atoms with Crippen molar-refractivity contribution in [1.82, 2.24) is 4.37 Å². The highest BCUT2D eigenvalue weighted by molar-refractivity contribution is 7.98. The van der Waals surface area contributed by atoms with Gasteiger partial charge in [-0.05, 0) is 13.2 Å². The topological polar surface area (TPSA) is 32.9 Å². The summed E-state index contributed by atoms with van der Waals surface area (Å²) in [4.78, 5) is 12.7. The number of thioether (sulfide) groups is 1. The SMILES string of the molecule is CSc1c(C)s[nH]c1=O. The smallest absolute Gasteiger partial charge is 0.271 e. The number of hydrogen-bond acceptors (Lipinski definition) is 3. The molecule has 9 heavy (non-hydrogen) atoms. The first-order chi connectivity index (χ1) is 4.25. The number of H-pyrrole nitrogens is 1. The molecule has 0 fully saturated rings. The summed E-state index contributed by atoms with van der Waals surface area (Å²) in [5, 5.41) is 0. The molecule has 0 saturated carbocycles. The lowest BCUT2D eigenvalue weighted by molar-refractivity contribution is 1.27. The largest absolute Gasteiger partial charge is 0.277 e. The maximum Gasteiger partial charge on any atom is 0.271 e. The minimum absolute atomic E-state index is 0.0463. The number of aromatic amines is 1. The van der Waals surface area contributed by atoms with E-state index in [9.17, 15) is 4.79 Å². The van der Waals surface area contributed by atoms with Gasteiger partial charge in [0.25, 0.3) is 5.56 Å². The molecule has 1 rings (SSSR count). The van der Waals surface area contributed by atoms with E-state index in [2.05, 4.69) is 4.37 Å². The third kappa shape index (κ3) is 1.19. The molecule has 0 bridgehead atoms. The van der Waals surface area contributed by atoms with Gasteiger partial charge in [0.05, 0.1) is 4.90 Å². The summed E-state index contributed by atoms with van der Waals surface area (Å²) in [6.45, 7) is 1.94. The number of aryl methyl sites for hydroxylation is 1. The van der Waals surface area contributed by atoms with Crippen LogP contribution in [0.15, 0.2) is 9.69 Å². The number of nitrogens with one attached hydrogen (secondary N) is 1. The first-order valence-electron chi connectivity index (χ1n) is 2.47. The van der Waals surface area contributed by atoms with E-state index in [1.54, 1.807) is 0 Å². The van der Waals surface area contributed by atoms with Crippen LogP contribution in [0, 0.1) is 6.92 Å². The third-order valence-corrected chi connectivity index (χ3v) is 2.85. The Morgan fingerprint density at radius 1 is 1.67 bits per heavy atom. The molecule has 0 atom stereocenters. The van der Waals surface area contributed by atoms with Crippen molar-refractivity contribution in [1.29, 1.82) is 0 Å². The van der Waals surface area contributed by atoms with Crippen LogP contribution in [0.1, 0.15) is 4.88 Å². The number of hydrogen-bond donors (Lipinski definition) is 1. The summed E-state index contributed by atoms with van der Waals surface area (Å²) < 4.78 is 2.65. The molecule has 0 aliphatic heterocycles. The molecule has 0 amide bonds. The zero-order valence-electron chi connectivity index (χ0n) is 5.22. The minimum Gasteiger partial charge on any atom is -0.277 e. The Morgan fingerprint density at radius 3 is 2.56 bits per heavy atom. The standard InChI is InChI=1S/C5H7NOS2/c1-3-4(8-2)5(7)6-9-3/h1-2H3,(H,6,7). The zero-order valence-corrected chi connectivity index (χ0v) is 6.86. The molecule has 0 aliphatic carbocycles. The van der Waals surface area contributed by atoms with Crippen molar-refractivity contribution in [2.24, 2.45) is 0 Å². The van der Waals surface area contributed by atoms with Crippen LogP contribution in [-0.2, 0) is 0 Å². The molecule has 0 unspecified atom stereocenters. The first-order valence-corrected chi connectivity index (χ1v) is 4.52. The zero-order chi connectivity index (χ0) is 6.85. The molecule has 0 radical (unpaired) electrons. The molecule has 0 spiro atoms. The van der Waals surface area contributed by atoms with Crippen molar-refractivity contribution in [2.45, 2.75) is 11.8 Å². The van der Waals surface area contributed by atoms with Crippen molar-refractivity contribution in [2.75, 3.05) is 6.26 Å². The molecule has 0 saturated heterocycles. The van der Waals surface area contributed by atoms with Gasteiger partial charge in [-0.1, -0.05) is 11.5 Å². The Hall–Kier alpha value is -0.220. The second-order valence-corrected chi connectivity index (χ2v) is 3.46. The fourth-order valence-electron chi connectivity index (χ4n) is 0.612. The molecular formula is C5H7NOS2. The van der Waals surface area contributed by atoms with E-state index in [0.717, 1.165) is 9.77 Å². The van der Waals surface area contributed by atoms with Crippen molar-refractivity contribution in [3.63, 3.8) is 0 Å². The van der Waals surface area contributed by atoms with Gasteiger partial charge in [-0.15, -0.1) is 11.8 Å². The summed E-state index contributed by atoms with van der Waals surface area (Å²) in [6, 6.07) is 0. The van der Waals surface area contributed by atoms with Crippen LogP contribution in [-0.4, -0.2) is 10.6 Å². The highest BCUT2D eigenvalue weighted by atomic mass is 32.2.